The second kappa shape index (κ2) is 11.1. The van der Waals surface area contributed by atoms with Gasteiger partial charge in [-0.15, -0.1) is 0 Å². The molecule has 5 nitrogen and oxygen atoms in total. The van der Waals surface area contributed by atoms with E-state index in [-0.39, 0.29) is 31.8 Å². The Bertz CT molecular complexity index is 1620. The van der Waals surface area contributed by atoms with Crippen molar-refractivity contribution < 1.29 is 23.9 Å². The van der Waals surface area contributed by atoms with Crippen LogP contribution in [0.5, 0.6) is 0 Å². The van der Waals surface area contributed by atoms with Crippen molar-refractivity contribution in [1.29, 1.82) is 0 Å². The standard InChI is InChI=1S/C33H28Cl2O5/c1-4-39-31(37)33(32(38)40-5-2)17-27-28(18-33)30(21-8-13-24(35)14-9-21)26-16-22(19(3)36)10-15-25(26)29(27)20-6-11-23(34)12-7-20/h6-16H,4-5,17-18H2,1-3H3. The van der Waals surface area contributed by atoms with Crippen LogP contribution in [0.15, 0.2) is 66.7 Å². The van der Waals surface area contributed by atoms with Gasteiger partial charge in [-0.25, -0.2) is 0 Å². The van der Waals surface area contributed by atoms with Crippen LogP contribution in [-0.2, 0) is 31.9 Å². The number of ketones is 1. The van der Waals surface area contributed by atoms with Gasteiger partial charge in [0.25, 0.3) is 0 Å². The molecule has 0 bridgehead atoms. The zero-order valence-electron chi connectivity index (χ0n) is 22.5. The third-order valence-corrected chi connectivity index (χ3v) is 7.99. The van der Waals surface area contributed by atoms with Gasteiger partial charge in [0, 0.05) is 28.5 Å². The number of carbonyl (C=O) groups is 3. The molecule has 0 radical (unpaired) electrons. The molecular formula is C33H28Cl2O5. The lowest BCUT2D eigenvalue weighted by atomic mass is 9.84. The molecule has 0 aliphatic heterocycles. The van der Waals surface area contributed by atoms with Crippen LogP contribution in [0.4, 0.5) is 0 Å². The van der Waals surface area contributed by atoms with Gasteiger partial charge in [-0.05, 0) is 95.3 Å². The van der Waals surface area contributed by atoms with Crippen molar-refractivity contribution in [1.82, 2.24) is 0 Å². The van der Waals surface area contributed by atoms with Gasteiger partial charge < -0.3 is 9.47 Å². The number of carbonyl (C=O) groups excluding carboxylic acids is 3. The van der Waals surface area contributed by atoms with E-state index in [0.29, 0.717) is 15.6 Å². The molecule has 0 N–H and O–H groups in total. The van der Waals surface area contributed by atoms with E-state index in [9.17, 15) is 14.4 Å². The number of ether oxygens (including phenoxy) is 2. The fraction of sp³-hybridized carbons (Fsp3) is 0.242. The number of benzene rings is 4. The first-order valence-electron chi connectivity index (χ1n) is 13.2. The first-order chi connectivity index (χ1) is 19.2. The van der Waals surface area contributed by atoms with Crippen LogP contribution in [0.1, 0.15) is 42.3 Å². The molecule has 0 aromatic heterocycles. The predicted molar refractivity (Wildman–Crippen MR) is 158 cm³/mol. The van der Waals surface area contributed by atoms with Crippen molar-refractivity contribution in [3.05, 3.63) is 93.5 Å². The zero-order chi connectivity index (χ0) is 28.6. The van der Waals surface area contributed by atoms with Gasteiger partial charge in [-0.3, -0.25) is 14.4 Å². The Morgan fingerprint density at radius 1 is 0.700 bits per heavy atom. The van der Waals surface area contributed by atoms with Crippen LogP contribution in [0.2, 0.25) is 10.0 Å². The maximum absolute atomic E-state index is 13.6. The molecule has 1 aliphatic rings. The topological polar surface area (TPSA) is 69.7 Å². The Hall–Kier alpha value is -3.67. The van der Waals surface area contributed by atoms with Gasteiger partial charge in [-0.2, -0.15) is 0 Å². The summed E-state index contributed by atoms with van der Waals surface area (Å²) >= 11 is 12.5. The molecule has 0 spiro atoms. The highest BCUT2D eigenvalue weighted by Crippen LogP contribution is 2.51. The fourth-order valence-corrected chi connectivity index (χ4v) is 5.93. The van der Waals surface area contributed by atoms with Crippen molar-refractivity contribution in [3.8, 4) is 22.3 Å². The van der Waals surface area contributed by atoms with Gasteiger partial charge >= 0.3 is 11.9 Å². The summed E-state index contributed by atoms with van der Waals surface area (Å²) in [6, 6.07) is 20.5. The molecule has 204 valence electrons. The summed E-state index contributed by atoms with van der Waals surface area (Å²) in [7, 11) is 0. The molecule has 1 aliphatic carbocycles. The van der Waals surface area contributed by atoms with Crippen LogP contribution < -0.4 is 0 Å². The van der Waals surface area contributed by atoms with E-state index in [1.54, 1.807) is 32.0 Å². The third kappa shape index (κ3) is 4.78. The molecule has 0 fully saturated rings. The molecule has 0 heterocycles. The molecule has 7 heteroatoms. The number of hydrogen-bond acceptors (Lipinski definition) is 5. The molecule has 0 saturated carbocycles. The molecule has 0 saturated heterocycles. The van der Waals surface area contributed by atoms with E-state index >= 15 is 0 Å². The zero-order valence-corrected chi connectivity index (χ0v) is 24.0. The molecule has 5 rings (SSSR count). The second-order valence-corrected chi connectivity index (χ2v) is 10.8. The Morgan fingerprint density at radius 2 is 1.15 bits per heavy atom. The molecule has 0 atom stereocenters. The third-order valence-electron chi connectivity index (χ3n) is 7.49. The van der Waals surface area contributed by atoms with Crippen LogP contribution in [0, 0.1) is 5.41 Å². The Kier molecular flexibility index (Phi) is 7.72. The SMILES string of the molecule is CCOC(=O)C1(C(=O)OCC)Cc2c(c(-c3ccc(Cl)cc3)c3cc(C(C)=O)ccc3c2-c2ccc(Cl)cc2)C1. The highest BCUT2D eigenvalue weighted by atomic mass is 35.5. The molecular weight excluding hydrogens is 547 g/mol. The maximum Gasteiger partial charge on any atom is 0.324 e. The summed E-state index contributed by atoms with van der Waals surface area (Å²) in [5.41, 5.74) is 4.17. The fourth-order valence-electron chi connectivity index (χ4n) is 5.67. The number of halogens is 2. The van der Waals surface area contributed by atoms with E-state index in [0.717, 1.165) is 44.2 Å². The van der Waals surface area contributed by atoms with E-state index in [1.807, 2.05) is 48.5 Å². The minimum atomic E-state index is -1.54. The van der Waals surface area contributed by atoms with Gasteiger partial charge in [0.1, 0.15) is 0 Å². The lowest BCUT2D eigenvalue weighted by molar-refractivity contribution is -0.171. The largest absolute Gasteiger partial charge is 0.465 e. The van der Waals surface area contributed by atoms with Crippen molar-refractivity contribution in [2.45, 2.75) is 33.6 Å². The Balaban J connectivity index is 1.92. The van der Waals surface area contributed by atoms with E-state index < -0.39 is 17.4 Å². The Labute approximate surface area is 243 Å². The lowest BCUT2D eigenvalue weighted by Crippen LogP contribution is -2.43. The summed E-state index contributed by atoms with van der Waals surface area (Å²) < 4.78 is 11.0. The summed E-state index contributed by atoms with van der Waals surface area (Å²) in [6.07, 6.45) is 0.210. The molecule has 4 aromatic rings. The predicted octanol–water partition coefficient (Wildman–Crippen LogP) is 7.89. The summed E-state index contributed by atoms with van der Waals surface area (Å²) in [5.74, 6) is -1.28. The highest BCUT2D eigenvalue weighted by Gasteiger charge is 2.54. The minimum absolute atomic E-state index is 0.0649. The number of rotatable bonds is 7. The maximum atomic E-state index is 13.6. The van der Waals surface area contributed by atoms with Crippen LogP contribution >= 0.6 is 23.2 Å². The summed E-state index contributed by atoms with van der Waals surface area (Å²) in [4.78, 5) is 39.6. The quantitative estimate of drug-likeness (QED) is 0.127. The van der Waals surface area contributed by atoms with Crippen molar-refractivity contribution >= 4 is 51.7 Å². The van der Waals surface area contributed by atoms with Gasteiger partial charge in [0.05, 0.1) is 13.2 Å². The van der Waals surface area contributed by atoms with Crippen molar-refractivity contribution in [2.75, 3.05) is 13.2 Å². The molecule has 40 heavy (non-hydrogen) atoms. The van der Waals surface area contributed by atoms with Crippen LogP contribution in [0.25, 0.3) is 33.0 Å². The molecule has 0 unspecified atom stereocenters. The number of hydrogen-bond donors (Lipinski definition) is 0. The number of esters is 2. The van der Waals surface area contributed by atoms with Gasteiger partial charge in [-0.1, -0.05) is 59.6 Å². The summed E-state index contributed by atoms with van der Waals surface area (Å²) in [5, 5.41) is 2.90. The first kappa shape index (κ1) is 27.9. The average molecular weight is 575 g/mol. The van der Waals surface area contributed by atoms with Crippen LogP contribution in [0.3, 0.4) is 0 Å². The highest BCUT2D eigenvalue weighted by molar-refractivity contribution is 6.31. The minimum Gasteiger partial charge on any atom is -0.465 e. The number of Topliss-reactive ketones (excluding diaryl/α,β-unsaturated/α-hetero) is 1. The summed E-state index contributed by atoms with van der Waals surface area (Å²) in [6.45, 7) is 5.23. The molecule has 4 aromatic carbocycles. The van der Waals surface area contributed by atoms with Crippen molar-refractivity contribution in [2.24, 2.45) is 5.41 Å². The average Bonchev–Trinajstić information content (AvgIpc) is 3.34. The lowest BCUT2D eigenvalue weighted by Gasteiger charge is -2.24. The van der Waals surface area contributed by atoms with E-state index in [1.165, 1.54) is 6.92 Å². The van der Waals surface area contributed by atoms with Gasteiger partial charge in [0.15, 0.2) is 11.2 Å². The molecule has 0 amide bonds. The number of fused-ring (bicyclic) bond motifs is 2. The van der Waals surface area contributed by atoms with Gasteiger partial charge in [0.2, 0.25) is 0 Å². The monoisotopic (exact) mass is 574 g/mol. The van der Waals surface area contributed by atoms with E-state index in [2.05, 4.69) is 0 Å². The van der Waals surface area contributed by atoms with Crippen molar-refractivity contribution in [3.63, 3.8) is 0 Å². The van der Waals surface area contributed by atoms with Crippen LogP contribution in [-0.4, -0.2) is 30.9 Å². The Morgan fingerprint density at radius 3 is 1.57 bits per heavy atom. The van der Waals surface area contributed by atoms with E-state index in [4.69, 9.17) is 32.7 Å². The second-order valence-electron chi connectivity index (χ2n) is 9.91. The smallest absolute Gasteiger partial charge is 0.324 e. The first-order valence-corrected chi connectivity index (χ1v) is 13.9. The normalized spacial score (nSPS) is 13.6.